The molecule has 6 nitrogen and oxygen atoms in total. The lowest BCUT2D eigenvalue weighted by molar-refractivity contribution is 0.215. The molecule has 0 bridgehead atoms. The number of para-hydroxylation sites is 1. The van der Waals surface area contributed by atoms with Crippen molar-refractivity contribution in [2.24, 2.45) is 4.99 Å². The van der Waals surface area contributed by atoms with E-state index in [1.54, 1.807) is 13.3 Å². The number of likely N-dealkylation sites (tertiary alicyclic amines) is 1. The Morgan fingerprint density at radius 3 is 2.64 bits per heavy atom. The number of guanidine groups is 1. The van der Waals surface area contributed by atoms with E-state index >= 15 is 0 Å². The lowest BCUT2D eigenvalue weighted by atomic mass is 10.2. The molecule has 1 aromatic carbocycles. The van der Waals surface area contributed by atoms with Crippen molar-refractivity contribution >= 4 is 29.9 Å². The molecule has 7 heteroatoms. The molecular weight excluding hydrogens is 467 g/mol. The van der Waals surface area contributed by atoms with E-state index in [2.05, 4.69) is 39.6 Å². The van der Waals surface area contributed by atoms with Gasteiger partial charge in [0.15, 0.2) is 5.96 Å². The molecule has 1 aliphatic heterocycles. The van der Waals surface area contributed by atoms with Crippen LogP contribution in [0, 0.1) is 6.92 Å². The molecule has 0 amide bonds. The highest BCUT2D eigenvalue weighted by molar-refractivity contribution is 14.0. The Kier molecular flexibility index (Phi) is 9.63. The van der Waals surface area contributed by atoms with Gasteiger partial charge in [0.2, 0.25) is 0 Å². The number of hydrogen-bond acceptors (Lipinski definition) is 4. The van der Waals surface area contributed by atoms with Crippen LogP contribution in [0.15, 0.2) is 52.1 Å². The molecule has 28 heavy (non-hydrogen) atoms. The fraction of sp³-hybridized carbons (Fsp3) is 0.476. The van der Waals surface area contributed by atoms with E-state index in [0.29, 0.717) is 13.2 Å². The van der Waals surface area contributed by atoms with Crippen molar-refractivity contribution < 1.29 is 9.15 Å². The van der Waals surface area contributed by atoms with E-state index in [4.69, 9.17) is 9.15 Å². The highest BCUT2D eigenvalue weighted by Gasteiger charge is 2.25. The standard InChI is InChI=1S/C21H30N4O2.HI/c1-17-8-3-4-9-19(17)27-15-11-23-21(22-2)24-16-18(20-10-7-14-26-20)25-12-5-6-13-25;/h3-4,7-10,14,18H,5-6,11-13,15-16H2,1-2H3,(H2,22,23,24);1H. The molecule has 154 valence electrons. The average molecular weight is 498 g/mol. The van der Waals surface area contributed by atoms with Gasteiger partial charge in [0, 0.05) is 13.6 Å². The quantitative estimate of drug-likeness (QED) is 0.252. The van der Waals surface area contributed by atoms with Crippen LogP contribution in [0.25, 0.3) is 0 Å². The number of ether oxygens (including phenoxy) is 1. The van der Waals surface area contributed by atoms with E-state index in [1.165, 1.54) is 12.8 Å². The van der Waals surface area contributed by atoms with Crippen LogP contribution in [0.3, 0.4) is 0 Å². The van der Waals surface area contributed by atoms with E-state index in [9.17, 15) is 0 Å². The van der Waals surface area contributed by atoms with E-state index in [0.717, 1.165) is 42.7 Å². The molecule has 3 rings (SSSR count). The van der Waals surface area contributed by atoms with E-state index in [-0.39, 0.29) is 30.0 Å². The van der Waals surface area contributed by atoms with Gasteiger partial charge in [-0.2, -0.15) is 0 Å². The smallest absolute Gasteiger partial charge is 0.191 e. The fourth-order valence-corrected chi connectivity index (χ4v) is 3.41. The molecule has 2 heterocycles. The number of aryl methyl sites for hydroxylation is 1. The van der Waals surface area contributed by atoms with Crippen molar-refractivity contribution in [3.63, 3.8) is 0 Å². The fourth-order valence-electron chi connectivity index (χ4n) is 3.41. The van der Waals surface area contributed by atoms with Crippen LogP contribution in [-0.2, 0) is 0 Å². The first kappa shape index (κ1) is 22.5. The lowest BCUT2D eigenvalue weighted by Gasteiger charge is -2.26. The van der Waals surface area contributed by atoms with Crippen molar-refractivity contribution in [1.82, 2.24) is 15.5 Å². The summed E-state index contributed by atoms with van der Waals surface area (Å²) >= 11 is 0. The number of benzene rings is 1. The third-order valence-electron chi connectivity index (χ3n) is 4.89. The molecule has 1 aromatic heterocycles. The topological polar surface area (TPSA) is 62.0 Å². The van der Waals surface area contributed by atoms with Gasteiger partial charge in [-0.15, -0.1) is 24.0 Å². The maximum Gasteiger partial charge on any atom is 0.191 e. The van der Waals surface area contributed by atoms with Crippen LogP contribution in [0.5, 0.6) is 5.75 Å². The molecular formula is C21H31IN4O2. The molecule has 0 spiro atoms. The highest BCUT2D eigenvalue weighted by atomic mass is 127. The average Bonchev–Trinajstić information content (AvgIpc) is 3.39. The molecule has 0 radical (unpaired) electrons. The van der Waals surface area contributed by atoms with Gasteiger partial charge in [0.1, 0.15) is 18.1 Å². The van der Waals surface area contributed by atoms with Gasteiger partial charge in [0.25, 0.3) is 0 Å². The molecule has 1 saturated heterocycles. The zero-order valence-electron chi connectivity index (χ0n) is 16.7. The zero-order chi connectivity index (χ0) is 18.9. The summed E-state index contributed by atoms with van der Waals surface area (Å²) in [6, 6.07) is 12.3. The Labute approximate surface area is 184 Å². The van der Waals surface area contributed by atoms with Gasteiger partial charge < -0.3 is 19.8 Å². The van der Waals surface area contributed by atoms with Crippen LogP contribution in [-0.4, -0.2) is 50.7 Å². The maximum atomic E-state index is 5.83. The molecule has 1 fully saturated rings. The predicted octanol–water partition coefficient (Wildman–Crippen LogP) is 3.59. The normalized spacial score (nSPS) is 15.7. The summed E-state index contributed by atoms with van der Waals surface area (Å²) in [5, 5.41) is 6.74. The lowest BCUT2D eigenvalue weighted by Crippen LogP contribution is -2.43. The summed E-state index contributed by atoms with van der Waals surface area (Å²) < 4.78 is 11.5. The third kappa shape index (κ3) is 6.41. The number of halogens is 1. The Hall–Kier alpha value is -1.74. The van der Waals surface area contributed by atoms with Gasteiger partial charge in [-0.1, -0.05) is 18.2 Å². The van der Waals surface area contributed by atoms with Crippen LogP contribution in [0.1, 0.15) is 30.2 Å². The first-order valence-electron chi connectivity index (χ1n) is 9.68. The summed E-state index contributed by atoms with van der Waals surface area (Å²) in [7, 11) is 1.79. The third-order valence-corrected chi connectivity index (χ3v) is 4.89. The number of nitrogens with zero attached hydrogens (tertiary/aromatic N) is 2. The second-order valence-corrected chi connectivity index (χ2v) is 6.77. The van der Waals surface area contributed by atoms with Gasteiger partial charge >= 0.3 is 0 Å². The maximum absolute atomic E-state index is 5.83. The van der Waals surface area contributed by atoms with Crippen molar-refractivity contribution in [3.05, 3.63) is 54.0 Å². The second kappa shape index (κ2) is 12.0. The van der Waals surface area contributed by atoms with E-state index in [1.807, 2.05) is 24.3 Å². The molecule has 2 aromatic rings. The second-order valence-electron chi connectivity index (χ2n) is 6.77. The van der Waals surface area contributed by atoms with Crippen molar-refractivity contribution in [1.29, 1.82) is 0 Å². The minimum atomic E-state index is 0. The molecule has 0 aliphatic carbocycles. The van der Waals surface area contributed by atoms with E-state index < -0.39 is 0 Å². The Morgan fingerprint density at radius 1 is 1.18 bits per heavy atom. The summed E-state index contributed by atoms with van der Waals surface area (Å²) in [6.45, 7) is 6.30. The largest absolute Gasteiger partial charge is 0.491 e. The van der Waals surface area contributed by atoms with Crippen LogP contribution < -0.4 is 15.4 Å². The number of rotatable bonds is 8. The number of hydrogen-bond donors (Lipinski definition) is 2. The molecule has 1 unspecified atom stereocenters. The molecule has 0 saturated carbocycles. The Morgan fingerprint density at radius 2 is 1.96 bits per heavy atom. The zero-order valence-corrected chi connectivity index (χ0v) is 19.0. The minimum absolute atomic E-state index is 0. The molecule has 1 atom stereocenters. The number of nitrogens with one attached hydrogen (secondary N) is 2. The van der Waals surface area contributed by atoms with Gasteiger partial charge in [0.05, 0.1) is 18.8 Å². The van der Waals surface area contributed by atoms with Crippen molar-refractivity contribution in [2.75, 3.05) is 39.8 Å². The van der Waals surface area contributed by atoms with Gasteiger partial charge in [-0.3, -0.25) is 9.89 Å². The summed E-state index contributed by atoms with van der Waals surface area (Å²) in [4.78, 5) is 6.79. The highest BCUT2D eigenvalue weighted by Crippen LogP contribution is 2.24. The number of furan rings is 1. The Balaban J connectivity index is 0.00000280. The SMILES string of the molecule is CN=C(NCCOc1ccccc1C)NCC(c1ccco1)N1CCCC1.I. The monoisotopic (exact) mass is 498 g/mol. The van der Waals surface area contributed by atoms with Crippen LogP contribution in [0.4, 0.5) is 0 Å². The van der Waals surface area contributed by atoms with Gasteiger partial charge in [-0.05, 0) is 56.6 Å². The van der Waals surface area contributed by atoms with Crippen LogP contribution >= 0.6 is 24.0 Å². The van der Waals surface area contributed by atoms with Crippen LogP contribution in [0.2, 0.25) is 0 Å². The Bertz CT molecular complexity index is 715. The van der Waals surface area contributed by atoms with Crippen molar-refractivity contribution in [3.8, 4) is 5.75 Å². The summed E-state index contributed by atoms with van der Waals surface area (Å²) in [6.07, 6.45) is 4.25. The molecule has 1 aliphatic rings. The molecule has 2 N–H and O–H groups in total. The van der Waals surface area contributed by atoms with Crippen molar-refractivity contribution in [2.45, 2.75) is 25.8 Å². The summed E-state index contributed by atoms with van der Waals surface area (Å²) in [5.41, 5.74) is 1.15. The minimum Gasteiger partial charge on any atom is -0.491 e. The first-order valence-corrected chi connectivity index (χ1v) is 9.68. The van der Waals surface area contributed by atoms with Gasteiger partial charge in [-0.25, -0.2) is 0 Å². The predicted molar refractivity (Wildman–Crippen MR) is 124 cm³/mol. The number of aliphatic imine (C=N–C) groups is 1. The summed E-state index contributed by atoms with van der Waals surface area (Å²) in [5.74, 6) is 2.70. The first-order chi connectivity index (χ1) is 13.3.